The summed E-state index contributed by atoms with van der Waals surface area (Å²) in [4.78, 5) is 11.0. The van der Waals surface area contributed by atoms with Gasteiger partial charge < -0.3 is 20.9 Å². The number of carboxylic acid groups (broad SMARTS) is 1. The molecule has 2 unspecified atom stereocenters. The molecule has 1 aromatic carbocycles. The molecule has 0 aliphatic carbocycles. The normalized spacial score (nSPS) is 13.8. The molecule has 112 valence electrons. The molecular weight excluding hydrogens is 256 g/mol. The molecule has 5 heteroatoms. The molecule has 0 heterocycles. The third-order valence-electron chi connectivity index (χ3n) is 3.11. The van der Waals surface area contributed by atoms with Crippen LogP contribution in [-0.4, -0.2) is 29.8 Å². The summed E-state index contributed by atoms with van der Waals surface area (Å²) in [6.07, 6.45) is 1.28. The number of ether oxygens (including phenoxy) is 1. The molecule has 0 amide bonds. The molecule has 0 radical (unpaired) electrons. The van der Waals surface area contributed by atoms with Crippen molar-refractivity contribution in [1.82, 2.24) is 5.32 Å². The smallest absolute Gasteiger partial charge is 0.320 e. The monoisotopic (exact) mass is 280 g/mol. The van der Waals surface area contributed by atoms with Crippen molar-refractivity contribution in [1.29, 1.82) is 0 Å². The Morgan fingerprint density at radius 3 is 2.65 bits per heavy atom. The lowest BCUT2D eigenvalue weighted by Crippen LogP contribution is -2.42. The third kappa shape index (κ3) is 4.74. The average Bonchev–Trinajstić information content (AvgIpc) is 2.39. The topological polar surface area (TPSA) is 84.6 Å². The minimum absolute atomic E-state index is 0.0633. The number of carbonyl (C=O) groups is 1. The first-order valence-electron chi connectivity index (χ1n) is 6.97. The van der Waals surface area contributed by atoms with Crippen molar-refractivity contribution >= 4 is 11.7 Å². The van der Waals surface area contributed by atoms with Gasteiger partial charge in [0.25, 0.3) is 0 Å². The molecule has 0 aromatic heterocycles. The van der Waals surface area contributed by atoms with Crippen molar-refractivity contribution < 1.29 is 14.6 Å². The van der Waals surface area contributed by atoms with Crippen LogP contribution in [0, 0.1) is 0 Å². The SMILES string of the molecule is CCOc1ccc(CC(C)NC(CC)C(=O)O)cc1N. The third-order valence-corrected chi connectivity index (χ3v) is 3.11. The van der Waals surface area contributed by atoms with E-state index in [2.05, 4.69) is 5.32 Å². The van der Waals surface area contributed by atoms with E-state index < -0.39 is 12.0 Å². The fraction of sp³-hybridized carbons (Fsp3) is 0.533. The number of rotatable bonds is 8. The highest BCUT2D eigenvalue weighted by Crippen LogP contribution is 2.23. The second-order valence-electron chi connectivity index (χ2n) is 4.88. The van der Waals surface area contributed by atoms with E-state index in [9.17, 15) is 4.79 Å². The number of nitrogens with one attached hydrogen (secondary N) is 1. The Morgan fingerprint density at radius 2 is 2.15 bits per heavy atom. The molecule has 2 atom stereocenters. The standard InChI is InChI=1S/C15H24N2O3/c1-4-13(15(18)19)17-10(3)8-11-6-7-14(20-5-2)12(16)9-11/h6-7,9-10,13,17H,4-5,8,16H2,1-3H3,(H,18,19). The van der Waals surface area contributed by atoms with Gasteiger partial charge in [-0.05, 0) is 44.4 Å². The molecule has 5 nitrogen and oxygen atoms in total. The van der Waals surface area contributed by atoms with Crippen LogP contribution in [-0.2, 0) is 11.2 Å². The van der Waals surface area contributed by atoms with Gasteiger partial charge >= 0.3 is 5.97 Å². The van der Waals surface area contributed by atoms with Crippen LogP contribution in [0.25, 0.3) is 0 Å². The molecule has 0 aliphatic heterocycles. The number of nitrogen functional groups attached to an aromatic ring is 1. The van der Waals surface area contributed by atoms with E-state index in [0.717, 1.165) is 12.0 Å². The van der Waals surface area contributed by atoms with Crippen molar-refractivity contribution in [3.63, 3.8) is 0 Å². The summed E-state index contributed by atoms with van der Waals surface area (Å²) in [7, 11) is 0. The Labute approximate surface area is 120 Å². The molecular formula is C15H24N2O3. The minimum Gasteiger partial charge on any atom is -0.492 e. The summed E-state index contributed by atoms with van der Waals surface area (Å²) in [6, 6.07) is 5.25. The lowest BCUT2D eigenvalue weighted by Gasteiger charge is -2.19. The number of anilines is 1. The molecule has 0 bridgehead atoms. The fourth-order valence-electron chi connectivity index (χ4n) is 2.13. The Kier molecular flexibility index (Phi) is 6.31. The number of hydrogen-bond donors (Lipinski definition) is 3. The summed E-state index contributed by atoms with van der Waals surface area (Å²) >= 11 is 0. The molecule has 20 heavy (non-hydrogen) atoms. The number of benzene rings is 1. The Morgan fingerprint density at radius 1 is 1.45 bits per heavy atom. The van der Waals surface area contributed by atoms with E-state index in [1.54, 1.807) is 0 Å². The van der Waals surface area contributed by atoms with Crippen LogP contribution in [0.5, 0.6) is 5.75 Å². The van der Waals surface area contributed by atoms with E-state index >= 15 is 0 Å². The van der Waals surface area contributed by atoms with Crippen LogP contribution >= 0.6 is 0 Å². The van der Waals surface area contributed by atoms with Crippen LogP contribution in [0.15, 0.2) is 18.2 Å². The Bertz CT molecular complexity index is 449. The second-order valence-corrected chi connectivity index (χ2v) is 4.88. The van der Waals surface area contributed by atoms with Crippen molar-refractivity contribution in [3.05, 3.63) is 23.8 Å². The maximum Gasteiger partial charge on any atom is 0.320 e. The Hall–Kier alpha value is -1.75. The van der Waals surface area contributed by atoms with Gasteiger partial charge in [0, 0.05) is 6.04 Å². The van der Waals surface area contributed by atoms with Crippen LogP contribution in [0.4, 0.5) is 5.69 Å². The molecule has 0 spiro atoms. The van der Waals surface area contributed by atoms with Gasteiger partial charge in [-0.1, -0.05) is 13.0 Å². The second kappa shape index (κ2) is 7.75. The van der Waals surface area contributed by atoms with E-state index in [4.69, 9.17) is 15.6 Å². The lowest BCUT2D eigenvalue weighted by atomic mass is 10.0. The van der Waals surface area contributed by atoms with E-state index in [1.165, 1.54) is 0 Å². The quantitative estimate of drug-likeness (QED) is 0.635. The first-order chi connectivity index (χ1) is 9.47. The number of nitrogens with two attached hydrogens (primary N) is 1. The van der Waals surface area contributed by atoms with Crippen LogP contribution in [0.3, 0.4) is 0 Å². The largest absolute Gasteiger partial charge is 0.492 e. The predicted octanol–water partition coefficient (Wildman–Crippen LogP) is 2.05. The van der Waals surface area contributed by atoms with Crippen LogP contribution in [0.1, 0.15) is 32.8 Å². The molecule has 0 fully saturated rings. The fourth-order valence-corrected chi connectivity index (χ4v) is 2.13. The van der Waals surface area contributed by atoms with Gasteiger partial charge in [-0.25, -0.2) is 0 Å². The molecule has 1 aromatic rings. The van der Waals surface area contributed by atoms with Gasteiger partial charge in [0.05, 0.1) is 12.3 Å². The number of carboxylic acids is 1. The minimum atomic E-state index is -0.814. The zero-order chi connectivity index (χ0) is 15.1. The summed E-state index contributed by atoms with van der Waals surface area (Å²) in [6.45, 7) is 6.32. The summed E-state index contributed by atoms with van der Waals surface area (Å²) in [5.74, 6) is -0.126. The van der Waals surface area contributed by atoms with Crippen LogP contribution in [0.2, 0.25) is 0 Å². The van der Waals surface area contributed by atoms with E-state index in [1.807, 2.05) is 39.0 Å². The molecule has 4 N–H and O–H groups in total. The summed E-state index contributed by atoms with van der Waals surface area (Å²) in [5, 5.41) is 12.1. The maximum atomic E-state index is 11.0. The van der Waals surface area contributed by atoms with E-state index in [-0.39, 0.29) is 6.04 Å². The van der Waals surface area contributed by atoms with Crippen molar-refractivity contribution in [3.8, 4) is 5.75 Å². The summed E-state index contributed by atoms with van der Waals surface area (Å²) < 4.78 is 5.39. The van der Waals surface area contributed by atoms with Gasteiger partial charge in [0.2, 0.25) is 0 Å². The highest BCUT2D eigenvalue weighted by molar-refractivity contribution is 5.73. The lowest BCUT2D eigenvalue weighted by molar-refractivity contribution is -0.139. The van der Waals surface area contributed by atoms with Gasteiger partial charge in [-0.15, -0.1) is 0 Å². The van der Waals surface area contributed by atoms with Crippen molar-refractivity contribution in [2.45, 2.75) is 45.7 Å². The van der Waals surface area contributed by atoms with Gasteiger partial charge in [-0.2, -0.15) is 0 Å². The average molecular weight is 280 g/mol. The van der Waals surface area contributed by atoms with Gasteiger partial charge in [0.1, 0.15) is 11.8 Å². The molecule has 0 saturated heterocycles. The zero-order valence-corrected chi connectivity index (χ0v) is 12.3. The van der Waals surface area contributed by atoms with E-state index in [0.29, 0.717) is 24.5 Å². The number of aliphatic carboxylic acids is 1. The van der Waals surface area contributed by atoms with Gasteiger partial charge in [0.15, 0.2) is 0 Å². The predicted molar refractivity (Wildman–Crippen MR) is 80.0 cm³/mol. The maximum absolute atomic E-state index is 11.0. The number of hydrogen-bond acceptors (Lipinski definition) is 4. The first-order valence-corrected chi connectivity index (χ1v) is 6.97. The van der Waals surface area contributed by atoms with Crippen molar-refractivity contribution in [2.75, 3.05) is 12.3 Å². The van der Waals surface area contributed by atoms with Gasteiger partial charge in [-0.3, -0.25) is 4.79 Å². The molecule has 0 saturated carbocycles. The molecule has 0 aliphatic rings. The van der Waals surface area contributed by atoms with Crippen LogP contribution < -0.4 is 15.8 Å². The Balaban J connectivity index is 2.64. The zero-order valence-electron chi connectivity index (χ0n) is 12.3. The first kappa shape index (κ1) is 16.3. The van der Waals surface area contributed by atoms with Crippen molar-refractivity contribution in [2.24, 2.45) is 0 Å². The summed E-state index contributed by atoms with van der Waals surface area (Å²) in [5.41, 5.74) is 7.59. The molecule has 1 rings (SSSR count). The highest BCUT2D eigenvalue weighted by Gasteiger charge is 2.17. The highest BCUT2D eigenvalue weighted by atomic mass is 16.5.